The lowest BCUT2D eigenvalue weighted by Crippen LogP contribution is -2.26. The lowest BCUT2D eigenvalue weighted by Gasteiger charge is -2.08. The number of carbonyl (C=O) groups is 1. The largest absolute Gasteiger partial charge is 0.492 e. The fourth-order valence-electron chi connectivity index (χ4n) is 2.01. The molecule has 0 aliphatic rings. The Hall–Kier alpha value is -1.97. The molecule has 0 aliphatic carbocycles. The van der Waals surface area contributed by atoms with Gasteiger partial charge in [0, 0.05) is 16.1 Å². The molecule has 0 heterocycles. The van der Waals surface area contributed by atoms with Crippen LogP contribution in [0.25, 0.3) is 6.08 Å². The van der Waals surface area contributed by atoms with Gasteiger partial charge in [0.25, 0.3) is 0 Å². The normalized spacial score (nSPS) is 10.8. The van der Waals surface area contributed by atoms with Gasteiger partial charge in [-0.25, -0.2) is 0 Å². The molecule has 0 spiro atoms. The van der Waals surface area contributed by atoms with E-state index in [4.69, 9.17) is 27.9 Å². The Labute approximate surface area is 152 Å². The summed E-state index contributed by atoms with van der Waals surface area (Å²) in [4.78, 5) is 11.8. The van der Waals surface area contributed by atoms with Crippen molar-refractivity contribution in [3.05, 3.63) is 69.2 Å². The number of carbonyl (C=O) groups excluding carboxylic acids is 1. The van der Waals surface area contributed by atoms with E-state index in [9.17, 15) is 4.79 Å². The van der Waals surface area contributed by atoms with Gasteiger partial charge in [-0.15, -0.1) is 0 Å². The maximum absolute atomic E-state index is 11.8. The number of hydrogen-bond acceptors (Lipinski definition) is 2. The van der Waals surface area contributed by atoms with Crippen LogP contribution in [0.15, 0.2) is 42.5 Å². The summed E-state index contributed by atoms with van der Waals surface area (Å²) in [6.07, 6.45) is 3.09. The van der Waals surface area contributed by atoms with E-state index in [1.54, 1.807) is 24.3 Å². The second-order valence-electron chi connectivity index (χ2n) is 5.38. The Morgan fingerprint density at radius 2 is 1.92 bits per heavy atom. The molecule has 0 saturated heterocycles. The Balaban J connectivity index is 1.76. The summed E-state index contributed by atoms with van der Waals surface area (Å²) in [5.74, 6) is 0.598. The zero-order valence-corrected chi connectivity index (χ0v) is 15.1. The maximum Gasteiger partial charge on any atom is 0.244 e. The number of halogens is 2. The molecule has 0 aromatic heterocycles. The first kappa shape index (κ1) is 18.4. The number of aryl methyl sites for hydroxylation is 2. The Kier molecular flexibility index (Phi) is 6.71. The van der Waals surface area contributed by atoms with Crippen molar-refractivity contribution >= 4 is 35.2 Å². The molecule has 0 aliphatic heterocycles. The van der Waals surface area contributed by atoms with Gasteiger partial charge in [0.15, 0.2) is 0 Å². The molecule has 0 unspecified atom stereocenters. The van der Waals surface area contributed by atoms with Crippen molar-refractivity contribution < 1.29 is 9.53 Å². The standard InChI is InChI=1S/C19H19Cl2NO2/c1-13-3-7-17(11-14(13)2)24-10-9-22-19(23)8-5-15-4-6-16(20)12-18(15)21/h3-8,11-12H,9-10H2,1-2H3,(H,22,23)/b8-5+. The van der Waals surface area contributed by atoms with Gasteiger partial charge in [0.1, 0.15) is 12.4 Å². The molecule has 1 N–H and O–H groups in total. The summed E-state index contributed by atoms with van der Waals surface area (Å²) in [6, 6.07) is 11.0. The Bertz CT molecular complexity index is 757. The fourth-order valence-corrected chi connectivity index (χ4v) is 2.48. The highest BCUT2D eigenvalue weighted by atomic mass is 35.5. The van der Waals surface area contributed by atoms with E-state index in [2.05, 4.69) is 12.2 Å². The minimum atomic E-state index is -0.204. The zero-order valence-electron chi connectivity index (χ0n) is 13.6. The Morgan fingerprint density at radius 3 is 2.62 bits per heavy atom. The van der Waals surface area contributed by atoms with Crippen LogP contribution < -0.4 is 10.1 Å². The van der Waals surface area contributed by atoms with Gasteiger partial charge in [0.05, 0.1) is 6.54 Å². The molecule has 24 heavy (non-hydrogen) atoms. The number of hydrogen-bond donors (Lipinski definition) is 1. The average molecular weight is 364 g/mol. The van der Waals surface area contributed by atoms with E-state index in [1.807, 2.05) is 25.1 Å². The number of amides is 1. The number of ether oxygens (including phenoxy) is 1. The van der Waals surface area contributed by atoms with E-state index in [0.29, 0.717) is 23.2 Å². The van der Waals surface area contributed by atoms with Crippen molar-refractivity contribution in [1.82, 2.24) is 5.32 Å². The summed E-state index contributed by atoms with van der Waals surface area (Å²) >= 11 is 11.9. The second kappa shape index (κ2) is 8.76. The molecule has 2 aromatic carbocycles. The van der Waals surface area contributed by atoms with Gasteiger partial charge >= 0.3 is 0 Å². The smallest absolute Gasteiger partial charge is 0.244 e. The first-order valence-electron chi connectivity index (χ1n) is 7.57. The lowest BCUT2D eigenvalue weighted by molar-refractivity contribution is -0.116. The molecule has 0 atom stereocenters. The first-order valence-corrected chi connectivity index (χ1v) is 8.32. The summed E-state index contributed by atoms with van der Waals surface area (Å²) in [5.41, 5.74) is 3.14. The van der Waals surface area contributed by atoms with Gasteiger partial charge in [-0.05, 0) is 60.9 Å². The van der Waals surface area contributed by atoms with Crippen molar-refractivity contribution in [1.29, 1.82) is 0 Å². The van der Waals surface area contributed by atoms with Crippen molar-refractivity contribution in [2.24, 2.45) is 0 Å². The van der Waals surface area contributed by atoms with Gasteiger partial charge in [0.2, 0.25) is 5.91 Å². The van der Waals surface area contributed by atoms with Gasteiger partial charge < -0.3 is 10.1 Å². The second-order valence-corrected chi connectivity index (χ2v) is 6.23. The van der Waals surface area contributed by atoms with Crippen LogP contribution in [0.3, 0.4) is 0 Å². The van der Waals surface area contributed by atoms with E-state index in [0.717, 1.165) is 11.3 Å². The lowest BCUT2D eigenvalue weighted by atomic mass is 10.1. The van der Waals surface area contributed by atoms with Crippen LogP contribution in [0.4, 0.5) is 0 Å². The third-order valence-electron chi connectivity index (χ3n) is 3.53. The summed E-state index contributed by atoms with van der Waals surface area (Å²) in [5, 5.41) is 3.82. The third-order valence-corrected chi connectivity index (χ3v) is 4.09. The van der Waals surface area contributed by atoms with Crippen molar-refractivity contribution in [2.45, 2.75) is 13.8 Å². The first-order chi connectivity index (χ1) is 11.5. The molecule has 126 valence electrons. The minimum Gasteiger partial charge on any atom is -0.492 e. The van der Waals surface area contributed by atoms with Crippen LogP contribution in [0.1, 0.15) is 16.7 Å². The molecule has 0 radical (unpaired) electrons. The van der Waals surface area contributed by atoms with Crippen molar-refractivity contribution in [3.8, 4) is 5.75 Å². The van der Waals surface area contributed by atoms with Crippen LogP contribution in [0.5, 0.6) is 5.75 Å². The third kappa shape index (κ3) is 5.59. The number of nitrogens with one attached hydrogen (secondary N) is 1. The van der Waals surface area contributed by atoms with Crippen molar-refractivity contribution in [2.75, 3.05) is 13.2 Å². The van der Waals surface area contributed by atoms with E-state index in [-0.39, 0.29) is 5.91 Å². The highest BCUT2D eigenvalue weighted by Crippen LogP contribution is 2.21. The highest BCUT2D eigenvalue weighted by molar-refractivity contribution is 6.35. The number of benzene rings is 2. The quantitative estimate of drug-likeness (QED) is 0.590. The number of rotatable bonds is 6. The molecule has 5 heteroatoms. The van der Waals surface area contributed by atoms with Crippen LogP contribution in [0.2, 0.25) is 10.0 Å². The van der Waals surface area contributed by atoms with E-state index in [1.165, 1.54) is 17.2 Å². The maximum atomic E-state index is 11.8. The van der Waals surface area contributed by atoms with E-state index >= 15 is 0 Å². The summed E-state index contributed by atoms with van der Waals surface area (Å²) < 4.78 is 5.61. The molecule has 1 amide bonds. The van der Waals surface area contributed by atoms with E-state index < -0.39 is 0 Å². The topological polar surface area (TPSA) is 38.3 Å². The predicted molar refractivity (Wildman–Crippen MR) is 99.9 cm³/mol. The highest BCUT2D eigenvalue weighted by Gasteiger charge is 2.01. The van der Waals surface area contributed by atoms with Gasteiger partial charge in [-0.2, -0.15) is 0 Å². The van der Waals surface area contributed by atoms with Gasteiger partial charge in [-0.3, -0.25) is 4.79 Å². The molecule has 0 bridgehead atoms. The SMILES string of the molecule is Cc1ccc(OCCNC(=O)/C=C/c2ccc(Cl)cc2Cl)cc1C. The van der Waals surface area contributed by atoms with Gasteiger partial charge in [-0.1, -0.05) is 35.3 Å². The van der Waals surface area contributed by atoms with Crippen LogP contribution in [-0.2, 0) is 4.79 Å². The summed E-state index contributed by atoms with van der Waals surface area (Å²) in [7, 11) is 0. The summed E-state index contributed by atoms with van der Waals surface area (Å²) in [6.45, 7) is 4.92. The predicted octanol–water partition coefficient (Wildman–Crippen LogP) is 4.82. The average Bonchev–Trinajstić information content (AvgIpc) is 2.54. The molecule has 2 aromatic rings. The molecular weight excluding hydrogens is 345 g/mol. The zero-order chi connectivity index (χ0) is 17.5. The molecule has 2 rings (SSSR count). The molecule has 3 nitrogen and oxygen atoms in total. The van der Waals surface area contributed by atoms with Crippen LogP contribution >= 0.6 is 23.2 Å². The van der Waals surface area contributed by atoms with Crippen LogP contribution in [-0.4, -0.2) is 19.1 Å². The monoisotopic (exact) mass is 363 g/mol. The molecule has 0 fully saturated rings. The molecular formula is C19H19Cl2NO2. The van der Waals surface area contributed by atoms with Crippen LogP contribution in [0, 0.1) is 13.8 Å². The molecule has 0 saturated carbocycles. The Morgan fingerprint density at radius 1 is 1.12 bits per heavy atom. The minimum absolute atomic E-state index is 0.204. The van der Waals surface area contributed by atoms with Crippen molar-refractivity contribution in [3.63, 3.8) is 0 Å². The fraction of sp³-hybridized carbons (Fsp3) is 0.211.